The Hall–Kier alpha value is -3.35. The van der Waals surface area contributed by atoms with Crippen LogP contribution in [0.2, 0.25) is 0 Å². The minimum Gasteiger partial charge on any atom is -0.481 e. The van der Waals surface area contributed by atoms with Crippen LogP contribution in [0, 0.1) is 11.3 Å². The van der Waals surface area contributed by atoms with Crippen LogP contribution in [0.1, 0.15) is 20.3 Å². The Balaban J connectivity index is 1.71. The standard InChI is InChI=1S/C24H27N7O3S2/c1-3-26-22(34)30-24(19-11-25-7-5-23(19,2)21(32)33)29-6-4-8-31(24)15-9-16(18-12-35-13-27-18)20-17(10-15)28-14-36-20/h4,6,8-10,12-14,19,25H,3,5,7,11H2,1-2H3,(H,32,33)(H2,26,30,34). The van der Waals surface area contributed by atoms with Gasteiger partial charge >= 0.3 is 12.0 Å². The Bertz CT molecular complexity index is 1340. The van der Waals surface area contributed by atoms with Crippen molar-refractivity contribution in [2.45, 2.75) is 26.1 Å². The molecule has 0 bridgehead atoms. The van der Waals surface area contributed by atoms with Gasteiger partial charge in [-0.15, -0.1) is 22.7 Å². The first kappa shape index (κ1) is 24.3. The summed E-state index contributed by atoms with van der Waals surface area (Å²) in [5.74, 6) is -2.93. The average Bonchev–Trinajstić information content (AvgIpc) is 3.56. The molecule has 188 valence electrons. The van der Waals surface area contributed by atoms with E-state index in [1.165, 1.54) is 22.7 Å². The van der Waals surface area contributed by atoms with Gasteiger partial charge in [0, 0.05) is 42.1 Å². The molecular weight excluding hydrogens is 498 g/mol. The number of urea groups is 1. The molecule has 2 aliphatic heterocycles. The highest BCUT2D eigenvalue weighted by atomic mass is 32.1. The number of piperidine rings is 1. The Morgan fingerprint density at radius 1 is 1.31 bits per heavy atom. The lowest BCUT2D eigenvalue weighted by Crippen LogP contribution is -2.71. The van der Waals surface area contributed by atoms with Crippen molar-refractivity contribution in [3.63, 3.8) is 0 Å². The van der Waals surface area contributed by atoms with E-state index in [2.05, 4.69) is 25.9 Å². The van der Waals surface area contributed by atoms with Crippen LogP contribution < -0.4 is 20.9 Å². The average molecular weight is 526 g/mol. The number of hydrogen-bond donors (Lipinski definition) is 4. The highest BCUT2D eigenvalue weighted by Gasteiger charge is 2.57. The topological polar surface area (TPSA) is 132 Å². The lowest BCUT2D eigenvalue weighted by Gasteiger charge is -2.52. The van der Waals surface area contributed by atoms with Crippen LogP contribution in [0.25, 0.3) is 21.5 Å². The quantitative estimate of drug-likeness (QED) is 0.387. The SMILES string of the molecule is CCNC(=O)NC1(C2CNCCC2(C)C(=O)O)N=CC=CN1c1cc(-c2cscn2)c2scnc2c1. The van der Waals surface area contributed by atoms with Crippen LogP contribution in [0.4, 0.5) is 10.5 Å². The fraction of sp³-hybridized carbons (Fsp3) is 0.375. The number of rotatable bonds is 6. The van der Waals surface area contributed by atoms with Crippen LogP contribution in [0.3, 0.4) is 0 Å². The van der Waals surface area contributed by atoms with Crippen LogP contribution in [0.15, 0.2) is 45.8 Å². The predicted octanol–water partition coefficient (Wildman–Crippen LogP) is 3.50. The second kappa shape index (κ2) is 9.60. The molecule has 5 rings (SSSR count). The number of carboxylic acids is 1. The highest BCUT2D eigenvalue weighted by Crippen LogP contribution is 2.46. The van der Waals surface area contributed by atoms with Crippen molar-refractivity contribution in [1.82, 2.24) is 25.9 Å². The summed E-state index contributed by atoms with van der Waals surface area (Å²) < 4.78 is 1.01. The second-order valence-corrected chi connectivity index (χ2v) is 10.6. The van der Waals surface area contributed by atoms with Gasteiger partial charge in [0.05, 0.1) is 38.3 Å². The lowest BCUT2D eigenvalue weighted by atomic mass is 9.68. The molecule has 10 nitrogen and oxygen atoms in total. The number of aliphatic carboxylic acids is 1. The van der Waals surface area contributed by atoms with Gasteiger partial charge < -0.3 is 20.6 Å². The third kappa shape index (κ3) is 4.04. The zero-order valence-electron chi connectivity index (χ0n) is 19.9. The molecule has 2 aromatic heterocycles. The molecule has 2 aliphatic rings. The number of nitrogens with zero attached hydrogens (tertiary/aromatic N) is 4. The number of nitrogens with one attached hydrogen (secondary N) is 3. The number of allylic oxidation sites excluding steroid dienone is 1. The van der Waals surface area contributed by atoms with Gasteiger partial charge in [0.25, 0.3) is 0 Å². The summed E-state index contributed by atoms with van der Waals surface area (Å²) >= 11 is 3.05. The molecule has 3 aromatic rings. The number of carboxylic acid groups (broad SMARTS) is 1. The maximum Gasteiger partial charge on any atom is 0.318 e. The third-order valence-corrected chi connectivity index (χ3v) is 8.37. The van der Waals surface area contributed by atoms with Gasteiger partial charge in [0.2, 0.25) is 5.79 Å². The lowest BCUT2D eigenvalue weighted by molar-refractivity contribution is -0.155. The van der Waals surface area contributed by atoms with Crippen LogP contribution in [0.5, 0.6) is 0 Å². The zero-order chi connectivity index (χ0) is 25.3. The molecule has 0 spiro atoms. The van der Waals surface area contributed by atoms with Gasteiger partial charge in [-0.1, -0.05) is 0 Å². The molecule has 1 aromatic carbocycles. The first-order chi connectivity index (χ1) is 17.4. The minimum atomic E-state index is -1.41. The molecular formula is C24H27N7O3S2. The molecule has 0 saturated carbocycles. The first-order valence-corrected chi connectivity index (χ1v) is 13.5. The minimum absolute atomic E-state index is 0.356. The summed E-state index contributed by atoms with van der Waals surface area (Å²) in [4.78, 5) is 41.4. The number of benzene rings is 1. The fourth-order valence-electron chi connectivity index (χ4n) is 5.01. The number of hydrogen-bond acceptors (Lipinski definition) is 9. The van der Waals surface area contributed by atoms with E-state index in [0.29, 0.717) is 26.1 Å². The first-order valence-electron chi connectivity index (χ1n) is 11.7. The normalized spacial score (nSPS) is 25.7. The molecule has 3 atom stereocenters. The zero-order valence-corrected chi connectivity index (χ0v) is 21.5. The number of anilines is 1. The van der Waals surface area contributed by atoms with Gasteiger partial charge in [0.1, 0.15) is 0 Å². The number of aromatic nitrogens is 2. The van der Waals surface area contributed by atoms with E-state index in [9.17, 15) is 14.7 Å². The van der Waals surface area contributed by atoms with E-state index >= 15 is 0 Å². The monoisotopic (exact) mass is 525 g/mol. The number of thiazole rings is 2. The number of amides is 2. The van der Waals surface area contributed by atoms with Gasteiger partial charge in [-0.05, 0) is 45.0 Å². The Kier molecular flexibility index (Phi) is 6.49. The number of carbonyl (C=O) groups excluding carboxylic acids is 1. The molecule has 4 heterocycles. The van der Waals surface area contributed by atoms with E-state index < -0.39 is 29.1 Å². The van der Waals surface area contributed by atoms with Crippen molar-refractivity contribution in [1.29, 1.82) is 0 Å². The third-order valence-electron chi connectivity index (χ3n) is 6.91. The summed E-state index contributed by atoms with van der Waals surface area (Å²) in [6.07, 6.45) is 5.62. The van der Waals surface area contributed by atoms with Crippen LogP contribution >= 0.6 is 22.7 Å². The maximum absolute atomic E-state index is 13.0. The molecule has 12 heteroatoms. The van der Waals surface area contributed by atoms with Gasteiger partial charge in [-0.3, -0.25) is 10.1 Å². The van der Waals surface area contributed by atoms with Gasteiger partial charge in [0.15, 0.2) is 0 Å². The predicted molar refractivity (Wildman–Crippen MR) is 142 cm³/mol. The van der Waals surface area contributed by atoms with Crippen molar-refractivity contribution >= 4 is 56.8 Å². The summed E-state index contributed by atoms with van der Waals surface area (Å²) in [5, 5.41) is 21.5. The molecule has 3 unspecified atom stereocenters. The number of carbonyl (C=O) groups is 2. The highest BCUT2D eigenvalue weighted by molar-refractivity contribution is 7.17. The largest absolute Gasteiger partial charge is 0.481 e. The van der Waals surface area contributed by atoms with Crippen molar-refractivity contribution in [3.05, 3.63) is 40.8 Å². The summed E-state index contributed by atoms with van der Waals surface area (Å²) in [6, 6.07) is 3.52. The molecule has 36 heavy (non-hydrogen) atoms. The van der Waals surface area contributed by atoms with Gasteiger partial charge in [-0.25, -0.2) is 19.8 Å². The fourth-order valence-corrected chi connectivity index (χ4v) is 6.36. The second-order valence-electron chi connectivity index (χ2n) is 9.00. The summed E-state index contributed by atoms with van der Waals surface area (Å²) in [5.41, 5.74) is 5.70. The summed E-state index contributed by atoms with van der Waals surface area (Å²) in [6.45, 7) is 4.90. The number of aliphatic imine (C=N–C) groups is 1. The van der Waals surface area contributed by atoms with Crippen molar-refractivity contribution in [2.24, 2.45) is 16.3 Å². The molecule has 0 aliphatic carbocycles. The van der Waals surface area contributed by atoms with E-state index in [1.54, 1.807) is 30.2 Å². The van der Waals surface area contributed by atoms with Crippen LogP contribution in [-0.4, -0.2) is 58.7 Å². The van der Waals surface area contributed by atoms with Crippen molar-refractivity contribution in [2.75, 3.05) is 24.5 Å². The van der Waals surface area contributed by atoms with E-state index in [0.717, 1.165) is 27.2 Å². The van der Waals surface area contributed by atoms with E-state index in [1.807, 2.05) is 35.5 Å². The van der Waals surface area contributed by atoms with Crippen molar-refractivity contribution in [3.8, 4) is 11.3 Å². The number of fused-ring (bicyclic) bond motifs is 1. The molecule has 2 amide bonds. The Morgan fingerprint density at radius 2 is 2.17 bits per heavy atom. The molecule has 4 N–H and O–H groups in total. The Morgan fingerprint density at radius 3 is 2.92 bits per heavy atom. The Labute approximate surface area is 216 Å². The van der Waals surface area contributed by atoms with Crippen molar-refractivity contribution < 1.29 is 14.7 Å². The van der Waals surface area contributed by atoms with E-state index in [4.69, 9.17) is 4.99 Å². The maximum atomic E-state index is 13.0. The summed E-state index contributed by atoms with van der Waals surface area (Å²) in [7, 11) is 0. The molecule has 1 fully saturated rings. The van der Waals surface area contributed by atoms with Gasteiger partial charge in [-0.2, -0.15) is 0 Å². The molecule has 0 radical (unpaired) electrons. The van der Waals surface area contributed by atoms with Crippen LogP contribution in [-0.2, 0) is 4.79 Å². The van der Waals surface area contributed by atoms with E-state index in [-0.39, 0.29) is 0 Å². The molecule has 1 saturated heterocycles. The smallest absolute Gasteiger partial charge is 0.318 e.